The Morgan fingerprint density at radius 1 is 1.35 bits per heavy atom. The monoisotopic (exact) mass is 360 g/mol. The standard InChI is InChI=1S/C18H24N4O4/c1-6-25-16(23)12-7-8-21(17(24)26-18(3,4)5)13-10-19-14-9-11(2)20-22(14)15(12)13/h9-10,12H,6-8H2,1-5H3. The van der Waals surface area contributed by atoms with Crippen LogP contribution in [0, 0.1) is 6.92 Å². The minimum Gasteiger partial charge on any atom is -0.465 e. The number of anilines is 1. The van der Waals surface area contributed by atoms with E-state index < -0.39 is 17.6 Å². The number of fused-ring (bicyclic) bond motifs is 3. The first-order chi connectivity index (χ1) is 12.2. The number of hydrogen-bond donors (Lipinski definition) is 0. The van der Waals surface area contributed by atoms with E-state index >= 15 is 0 Å². The van der Waals surface area contributed by atoms with Crippen molar-refractivity contribution in [1.29, 1.82) is 0 Å². The lowest BCUT2D eigenvalue weighted by atomic mass is 9.95. The molecule has 0 aliphatic carbocycles. The minimum absolute atomic E-state index is 0.298. The molecule has 0 aromatic carbocycles. The summed E-state index contributed by atoms with van der Waals surface area (Å²) in [5.74, 6) is -0.827. The average Bonchev–Trinajstić information content (AvgIpc) is 2.92. The molecular weight excluding hydrogens is 336 g/mol. The summed E-state index contributed by atoms with van der Waals surface area (Å²) >= 11 is 0. The molecule has 0 spiro atoms. The van der Waals surface area contributed by atoms with Crippen molar-refractivity contribution in [1.82, 2.24) is 14.6 Å². The molecule has 1 atom stereocenters. The van der Waals surface area contributed by atoms with Crippen molar-refractivity contribution in [2.75, 3.05) is 18.1 Å². The zero-order chi connectivity index (χ0) is 19.1. The van der Waals surface area contributed by atoms with Crippen LogP contribution in [0.2, 0.25) is 0 Å². The third-order valence-corrected chi connectivity index (χ3v) is 4.07. The van der Waals surface area contributed by atoms with Crippen LogP contribution in [-0.4, -0.2) is 45.4 Å². The molecule has 1 amide bonds. The molecule has 8 heteroatoms. The van der Waals surface area contributed by atoms with E-state index in [2.05, 4.69) is 10.1 Å². The van der Waals surface area contributed by atoms with Crippen molar-refractivity contribution in [3.63, 3.8) is 0 Å². The Balaban J connectivity index is 2.10. The van der Waals surface area contributed by atoms with Gasteiger partial charge in [0.15, 0.2) is 5.65 Å². The molecular formula is C18H24N4O4. The third-order valence-electron chi connectivity index (χ3n) is 4.07. The maximum Gasteiger partial charge on any atom is 0.414 e. The number of ether oxygens (including phenoxy) is 2. The van der Waals surface area contributed by atoms with E-state index in [-0.39, 0.29) is 5.97 Å². The summed E-state index contributed by atoms with van der Waals surface area (Å²) in [5, 5.41) is 4.46. The highest BCUT2D eigenvalue weighted by atomic mass is 16.6. The third kappa shape index (κ3) is 3.36. The van der Waals surface area contributed by atoms with Crippen LogP contribution in [0.4, 0.5) is 10.5 Å². The highest BCUT2D eigenvalue weighted by Gasteiger charge is 2.38. The van der Waals surface area contributed by atoms with Gasteiger partial charge in [0.2, 0.25) is 0 Å². The first-order valence-corrected chi connectivity index (χ1v) is 8.73. The van der Waals surface area contributed by atoms with Crippen LogP contribution in [0.25, 0.3) is 5.65 Å². The second kappa shape index (κ2) is 6.59. The molecule has 3 rings (SSSR count). The average molecular weight is 360 g/mol. The predicted molar refractivity (Wildman–Crippen MR) is 95.3 cm³/mol. The Labute approximate surface area is 152 Å². The summed E-state index contributed by atoms with van der Waals surface area (Å²) in [6, 6.07) is 1.83. The summed E-state index contributed by atoms with van der Waals surface area (Å²) in [7, 11) is 0. The molecule has 0 fully saturated rings. The van der Waals surface area contributed by atoms with Crippen LogP contribution in [0.3, 0.4) is 0 Å². The molecule has 8 nitrogen and oxygen atoms in total. The second-order valence-electron chi connectivity index (χ2n) is 7.31. The number of nitrogens with zero attached hydrogens (tertiary/aromatic N) is 4. The van der Waals surface area contributed by atoms with E-state index in [0.29, 0.717) is 36.6 Å². The number of carbonyl (C=O) groups excluding carboxylic acids is 2. The SMILES string of the molecule is CCOC(=O)C1CCN(C(=O)OC(C)(C)C)c2cnc3cc(C)nn3c21. The first-order valence-electron chi connectivity index (χ1n) is 8.73. The zero-order valence-corrected chi connectivity index (χ0v) is 15.8. The maximum atomic E-state index is 12.7. The van der Waals surface area contributed by atoms with Gasteiger partial charge in [-0.25, -0.2) is 14.3 Å². The number of esters is 1. The summed E-state index contributed by atoms with van der Waals surface area (Å²) in [5.41, 5.74) is 1.93. The quantitative estimate of drug-likeness (QED) is 0.766. The molecule has 26 heavy (non-hydrogen) atoms. The predicted octanol–water partition coefficient (Wildman–Crippen LogP) is 2.83. The molecule has 0 N–H and O–H groups in total. The number of amides is 1. The second-order valence-corrected chi connectivity index (χ2v) is 7.31. The van der Waals surface area contributed by atoms with Crippen molar-refractivity contribution < 1.29 is 19.1 Å². The van der Waals surface area contributed by atoms with Crippen LogP contribution in [0.5, 0.6) is 0 Å². The normalized spacial score (nSPS) is 17.1. The lowest BCUT2D eigenvalue weighted by Gasteiger charge is -2.34. The van der Waals surface area contributed by atoms with Gasteiger partial charge in [0.05, 0.1) is 29.9 Å². The van der Waals surface area contributed by atoms with Crippen LogP contribution in [0.15, 0.2) is 12.3 Å². The van der Waals surface area contributed by atoms with Gasteiger partial charge in [-0.15, -0.1) is 0 Å². The number of aryl methyl sites for hydroxylation is 1. The van der Waals surface area contributed by atoms with Crippen molar-refractivity contribution in [2.24, 2.45) is 0 Å². The van der Waals surface area contributed by atoms with Gasteiger partial charge in [-0.2, -0.15) is 5.10 Å². The van der Waals surface area contributed by atoms with E-state index in [9.17, 15) is 9.59 Å². The lowest BCUT2D eigenvalue weighted by molar-refractivity contribution is -0.145. The van der Waals surface area contributed by atoms with Crippen LogP contribution in [0.1, 0.15) is 51.4 Å². The summed E-state index contributed by atoms with van der Waals surface area (Å²) < 4.78 is 12.4. The van der Waals surface area contributed by atoms with Crippen molar-refractivity contribution >= 4 is 23.4 Å². The van der Waals surface area contributed by atoms with Crippen LogP contribution < -0.4 is 4.90 Å². The molecule has 1 aliphatic rings. The van der Waals surface area contributed by atoms with Crippen molar-refractivity contribution in [3.05, 3.63) is 23.7 Å². The Hall–Kier alpha value is -2.64. The largest absolute Gasteiger partial charge is 0.465 e. The smallest absolute Gasteiger partial charge is 0.414 e. The Morgan fingerprint density at radius 2 is 2.08 bits per heavy atom. The fourth-order valence-electron chi connectivity index (χ4n) is 3.09. The Bertz CT molecular complexity index is 853. The maximum absolute atomic E-state index is 12.7. The minimum atomic E-state index is -0.616. The van der Waals surface area contributed by atoms with E-state index in [1.807, 2.05) is 33.8 Å². The Kier molecular flexibility index (Phi) is 4.60. The lowest BCUT2D eigenvalue weighted by Crippen LogP contribution is -2.42. The molecule has 2 aromatic rings. The molecule has 0 saturated carbocycles. The molecule has 0 radical (unpaired) electrons. The fraction of sp³-hybridized carbons (Fsp3) is 0.556. The number of hydrogen-bond acceptors (Lipinski definition) is 6. The van der Waals surface area contributed by atoms with Crippen molar-refractivity contribution in [3.8, 4) is 0 Å². The fourth-order valence-corrected chi connectivity index (χ4v) is 3.09. The zero-order valence-electron chi connectivity index (χ0n) is 15.8. The summed E-state index contributed by atoms with van der Waals surface area (Å²) in [6.07, 6.45) is 1.57. The van der Waals surface area contributed by atoms with Gasteiger partial charge in [-0.1, -0.05) is 0 Å². The topological polar surface area (TPSA) is 86.0 Å². The first kappa shape index (κ1) is 18.2. The molecule has 0 bridgehead atoms. The van der Waals surface area contributed by atoms with Gasteiger partial charge >= 0.3 is 12.1 Å². The van der Waals surface area contributed by atoms with E-state index in [4.69, 9.17) is 9.47 Å². The van der Waals surface area contributed by atoms with Crippen LogP contribution in [-0.2, 0) is 14.3 Å². The highest BCUT2D eigenvalue weighted by Crippen LogP contribution is 2.36. The number of carbonyl (C=O) groups is 2. The molecule has 2 aromatic heterocycles. The van der Waals surface area contributed by atoms with Gasteiger partial charge in [-0.05, 0) is 41.0 Å². The van der Waals surface area contributed by atoms with Gasteiger partial charge in [0.25, 0.3) is 0 Å². The molecule has 1 aliphatic heterocycles. The van der Waals surface area contributed by atoms with E-state index in [1.54, 1.807) is 17.6 Å². The van der Waals surface area contributed by atoms with Crippen molar-refractivity contribution in [2.45, 2.75) is 52.6 Å². The number of rotatable bonds is 2. The summed E-state index contributed by atoms with van der Waals surface area (Å²) in [4.78, 5) is 31.0. The van der Waals surface area contributed by atoms with Gasteiger partial charge < -0.3 is 9.47 Å². The molecule has 0 saturated heterocycles. The van der Waals surface area contributed by atoms with Gasteiger partial charge in [0.1, 0.15) is 11.5 Å². The van der Waals surface area contributed by atoms with Gasteiger partial charge in [0, 0.05) is 12.6 Å². The summed E-state index contributed by atoms with van der Waals surface area (Å²) in [6.45, 7) is 9.72. The molecule has 1 unspecified atom stereocenters. The molecule has 3 heterocycles. The van der Waals surface area contributed by atoms with E-state index in [0.717, 1.165) is 5.69 Å². The Morgan fingerprint density at radius 3 is 2.73 bits per heavy atom. The van der Waals surface area contributed by atoms with Gasteiger partial charge in [-0.3, -0.25) is 9.69 Å². The van der Waals surface area contributed by atoms with E-state index in [1.165, 1.54) is 4.90 Å². The van der Waals surface area contributed by atoms with Crippen LogP contribution >= 0.6 is 0 Å². The number of aromatic nitrogens is 3. The molecule has 140 valence electrons. The highest BCUT2D eigenvalue weighted by molar-refractivity contribution is 5.92.